The van der Waals surface area contributed by atoms with Gasteiger partial charge in [0.05, 0.1) is 17.6 Å². The summed E-state index contributed by atoms with van der Waals surface area (Å²) in [6, 6.07) is 9.32. The Morgan fingerprint density at radius 1 is 1.15 bits per heavy atom. The monoisotopic (exact) mass is 637 g/mol. The molecule has 8 nitrogen and oxygen atoms in total. The molecule has 3 aromatic rings. The van der Waals surface area contributed by atoms with Crippen molar-refractivity contribution < 1.29 is 28.0 Å². The molecule has 0 aliphatic heterocycles. The van der Waals surface area contributed by atoms with Gasteiger partial charge in [0.15, 0.2) is 0 Å². The largest absolute Gasteiger partial charge is 0.497 e. The Labute approximate surface area is 243 Å². The Bertz CT molecular complexity index is 1460. The van der Waals surface area contributed by atoms with Gasteiger partial charge in [-0.15, -0.1) is 0 Å². The van der Waals surface area contributed by atoms with Crippen molar-refractivity contribution in [2.45, 2.75) is 45.8 Å². The van der Waals surface area contributed by atoms with E-state index in [9.17, 15) is 24.1 Å². The Balaban J connectivity index is 2.32. The van der Waals surface area contributed by atoms with E-state index >= 15 is 4.39 Å². The van der Waals surface area contributed by atoms with Gasteiger partial charge in [-0.3, -0.25) is 19.7 Å². The predicted octanol–water partition coefficient (Wildman–Crippen LogP) is 6.90. The van der Waals surface area contributed by atoms with Gasteiger partial charge in [0.2, 0.25) is 11.7 Å². The molecular weight excluding hydrogens is 612 g/mol. The van der Waals surface area contributed by atoms with Crippen LogP contribution >= 0.6 is 27.5 Å². The van der Waals surface area contributed by atoms with Crippen LogP contribution in [0.5, 0.6) is 5.75 Å². The SMILES string of the molecule is COc1ccc(CN(C(=O)c2c(C)c(Br)cc([N+](=O)[O-])c2F)C(C(=O)NC(C)(C)C)c2cc(F)ccc2Cl)cc1. The fraction of sp³-hybridized carbons (Fsp3) is 0.286. The van der Waals surface area contributed by atoms with Crippen molar-refractivity contribution in [3.8, 4) is 5.75 Å². The third-order valence-corrected chi connectivity index (χ3v) is 7.10. The zero-order chi connectivity index (χ0) is 29.9. The molecule has 1 atom stereocenters. The molecule has 3 aromatic carbocycles. The molecule has 1 N–H and O–H groups in total. The average Bonchev–Trinajstić information content (AvgIpc) is 2.87. The molecular formula is C28H27BrClF2N3O5. The molecule has 12 heteroatoms. The second-order valence-electron chi connectivity index (χ2n) is 10.0. The van der Waals surface area contributed by atoms with Gasteiger partial charge in [-0.05, 0) is 69.2 Å². The van der Waals surface area contributed by atoms with Crippen LogP contribution in [0.4, 0.5) is 14.5 Å². The van der Waals surface area contributed by atoms with Crippen molar-refractivity contribution in [1.82, 2.24) is 10.2 Å². The number of methoxy groups -OCH3 is 1. The van der Waals surface area contributed by atoms with Gasteiger partial charge in [-0.25, -0.2) is 4.39 Å². The van der Waals surface area contributed by atoms with Gasteiger partial charge >= 0.3 is 5.69 Å². The number of carbonyl (C=O) groups excluding carboxylic acids is 2. The molecule has 0 heterocycles. The number of nitrogens with one attached hydrogen (secondary N) is 1. The van der Waals surface area contributed by atoms with E-state index in [2.05, 4.69) is 21.2 Å². The van der Waals surface area contributed by atoms with Crippen LogP contribution in [0, 0.1) is 28.7 Å². The molecule has 1 unspecified atom stereocenters. The van der Waals surface area contributed by atoms with Crippen LogP contribution in [0.15, 0.2) is 53.0 Å². The number of nitro benzene ring substituents is 1. The number of carbonyl (C=O) groups is 2. The minimum absolute atomic E-state index is 0.0135. The summed E-state index contributed by atoms with van der Waals surface area (Å²) in [5.74, 6) is -3.31. The lowest BCUT2D eigenvalue weighted by Crippen LogP contribution is -2.49. The molecule has 0 aromatic heterocycles. The molecule has 212 valence electrons. The minimum atomic E-state index is -1.55. The summed E-state index contributed by atoms with van der Waals surface area (Å²) >= 11 is 9.59. The lowest BCUT2D eigenvalue weighted by molar-refractivity contribution is -0.387. The fourth-order valence-corrected chi connectivity index (χ4v) is 4.69. The number of amides is 2. The molecule has 0 bridgehead atoms. The smallest absolute Gasteiger partial charge is 0.306 e. The molecule has 0 spiro atoms. The molecule has 40 heavy (non-hydrogen) atoms. The summed E-state index contributed by atoms with van der Waals surface area (Å²) in [5.41, 5.74) is -1.78. The van der Waals surface area contributed by atoms with Gasteiger partial charge in [0.25, 0.3) is 5.91 Å². The quantitative estimate of drug-likeness (QED) is 0.214. The van der Waals surface area contributed by atoms with Gasteiger partial charge in [-0.1, -0.05) is 39.7 Å². The van der Waals surface area contributed by atoms with E-state index in [1.54, 1.807) is 45.0 Å². The zero-order valence-corrected chi connectivity index (χ0v) is 24.7. The van der Waals surface area contributed by atoms with Gasteiger partial charge in [-0.2, -0.15) is 4.39 Å². The third kappa shape index (κ3) is 6.95. The summed E-state index contributed by atoms with van der Waals surface area (Å²) in [7, 11) is 1.48. The molecule has 0 saturated heterocycles. The highest BCUT2D eigenvalue weighted by Gasteiger charge is 2.38. The topological polar surface area (TPSA) is 102 Å². The van der Waals surface area contributed by atoms with Crippen molar-refractivity contribution in [2.75, 3.05) is 7.11 Å². The van der Waals surface area contributed by atoms with E-state index in [-0.39, 0.29) is 27.2 Å². The van der Waals surface area contributed by atoms with Crippen molar-refractivity contribution >= 4 is 45.0 Å². The van der Waals surface area contributed by atoms with E-state index in [1.807, 2.05) is 0 Å². The standard InChI is InChI=1S/C28H27BrClF2N3O5/c1-15-20(29)13-22(35(38)39)24(32)23(15)27(37)34(14-16-6-9-18(40-5)10-7-16)25(26(36)33-28(2,3)4)19-12-17(31)8-11-21(19)30/h6-13,25H,14H2,1-5H3,(H,33,36). The molecule has 0 saturated carbocycles. The Kier molecular flexibility index (Phi) is 9.52. The van der Waals surface area contributed by atoms with Crippen molar-refractivity contribution in [2.24, 2.45) is 0 Å². The first-order valence-electron chi connectivity index (χ1n) is 12.0. The second-order valence-corrected chi connectivity index (χ2v) is 11.3. The number of hydrogen-bond donors (Lipinski definition) is 1. The van der Waals surface area contributed by atoms with Crippen molar-refractivity contribution in [1.29, 1.82) is 0 Å². The number of halogens is 4. The highest BCUT2D eigenvalue weighted by Crippen LogP contribution is 2.36. The van der Waals surface area contributed by atoms with Crippen LogP contribution in [0.2, 0.25) is 5.02 Å². The number of benzene rings is 3. The minimum Gasteiger partial charge on any atom is -0.497 e. The van der Waals surface area contributed by atoms with Crippen LogP contribution < -0.4 is 10.1 Å². The lowest BCUT2D eigenvalue weighted by atomic mass is 9.98. The number of hydrogen-bond acceptors (Lipinski definition) is 5. The first kappa shape index (κ1) is 31.0. The van der Waals surface area contributed by atoms with Crippen molar-refractivity contribution in [3.63, 3.8) is 0 Å². The summed E-state index contributed by atoms with van der Waals surface area (Å²) in [4.78, 5) is 39.6. The summed E-state index contributed by atoms with van der Waals surface area (Å²) in [6.45, 7) is 6.29. The number of nitro groups is 1. The number of nitrogens with zero attached hydrogens (tertiary/aromatic N) is 2. The maximum atomic E-state index is 15.6. The Hall–Kier alpha value is -3.57. The highest BCUT2D eigenvalue weighted by atomic mass is 79.9. The summed E-state index contributed by atoms with van der Waals surface area (Å²) in [6.07, 6.45) is 0. The maximum Gasteiger partial charge on any atom is 0.306 e. The molecule has 3 rings (SSSR count). The Morgan fingerprint density at radius 3 is 2.33 bits per heavy atom. The maximum absolute atomic E-state index is 15.6. The van der Waals surface area contributed by atoms with E-state index in [4.69, 9.17) is 16.3 Å². The van der Waals surface area contributed by atoms with Gasteiger partial charge < -0.3 is 15.0 Å². The molecule has 0 fully saturated rings. The van der Waals surface area contributed by atoms with E-state index in [0.29, 0.717) is 11.3 Å². The van der Waals surface area contributed by atoms with E-state index in [0.717, 1.165) is 23.1 Å². The Morgan fingerprint density at radius 2 is 1.77 bits per heavy atom. The van der Waals surface area contributed by atoms with Crippen molar-refractivity contribution in [3.05, 3.63) is 102 Å². The number of ether oxygens (including phenoxy) is 1. The predicted molar refractivity (Wildman–Crippen MR) is 150 cm³/mol. The first-order valence-corrected chi connectivity index (χ1v) is 13.2. The first-order chi connectivity index (χ1) is 18.6. The van der Waals surface area contributed by atoms with Crippen LogP contribution in [0.1, 0.15) is 53.9 Å². The third-order valence-electron chi connectivity index (χ3n) is 5.94. The molecule has 0 aliphatic rings. The molecule has 0 aliphatic carbocycles. The van der Waals surface area contributed by atoms with Crippen LogP contribution in [0.3, 0.4) is 0 Å². The van der Waals surface area contributed by atoms with E-state index < -0.39 is 51.2 Å². The molecule has 0 radical (unpaired) electrons. The van der Waals surface area contributed by atoms with E-state index in [1.165, 1.54) is 20.1 Å². The fourth-order valence-electron chi connectivity index (χ4n) is 4.06. The zero-order valence-electron chi connectivity index (χ0n) is 22.4. The van der Waals surface area contributed by atoms with Crippen LogP contribution in [-0.4, -0.2) is 34.3 Å². The van der Waals surface area contributed by atoms with Gasteiger partial charge in [0, 0.05) is 33.2 Å². The molecule has 2 amide bonds. The average molecular weight is 639 g/mol. The van der Waals surface area contributed by atoms with Crippen LogP contribution in [-0.2, 0) is 11.3 Å². The van der Waals surface area contributed by atoms with Crippen LogP contribution in [0.25, 0.3) is 0 Å². The highest BCUT2D eigenvalue weighted by molar-refractivity contribution is 9.10. The van der Waals surface area contributed by atoms with Gasteiger partial charge in [0.1, 0.15) is 17.6 Å². The number of rotatable bonds is 8. The second kappa shape index (κ2) is 12.3. The lowest BCUT2D eigenvalue weighted by Gasteiger charge is -2.34. The summed E-state index contributed by atoms with van der Waals surface area (Å²) < 4.78 is 35.4. The normalized spacial score (nSPS) is 12.0. The summed E-state index contributed by atoms with van der Waals surface area (Å²) in [5, 5.41) is 14.3.